The van der Waals surface area contributed by atoms with Crippen LogP contribution in [-0.2, 0) is 14.4 Å². The first-order valence-corrected chi connectivity index (χ1v) is 5.70. The second-order valence-electron chi connectivity index (χ2n) is 4.36. The van der Waals surface area contributed by atoms with Crippen molar-refractivity contribution in [1.82, 2.24) is 10.2 Å². The number of nitrogens with zero attached hydrogens (tertiary/aromatic N) is 1. The third-order valence-electron chi connectivity index (χ3n) is 2.92. The predicted molar refractivity (Wildman–Crippen MR) is 63.9 cm³/mol. The summed E-state index contributed by atoms with van der Waals surface area (Å²) < 4.78 is -0.536. The summed E-state index contributed by atoms with van der Waals surface area (Å²) in [6, 6.07) is -1.40. The molecule has 2 aliphatic rings. The van der Waals surface area contributed by atoms with Crippen molar-refractivity contribution in [2.75, 3.05) is 0 Å². The molecular formula is C9H13N2NaO4S. The maximum absolute atomic E-state index is 11.7. The molecule has 2 saturated heterocycles. The van der Waals surface area contributed by atoms with Gasteiger partial charge in [0.15, 0.2) is 0 Å². The monoisotopic (exact) mass is 268 g/mol. The van der Waals surface area contributed by atoms with Crippen LogP contribution < -0.4 is 5.32 Å². The SMILES string of the molecule is CC1(C)S[C@@H]2[C@@H](NC=O)C(=O)N2[C@H]1C(=O)O.[NaH]. The minimum absolute atomic E-state index is 0. The van der Waals surface area contributed by atoms with Crippen LogP contribution in [0.4, 0.5) is 0 Å². The zero-order valence-corrected chi connectivity index (χ0v) is 9.65. The van der Waals surface area contributed by atoms with Crippen molar-refractivity contribution in [1.29, 1.82) is 0 Å². The van der Waals surface area contributed by atoms with E-state index in [2.05, 4.69) is 5.32 Å². The number of fused-ring (bicyclic) bond motifs is 1. The van der Waals surface area contributed by atoms with Gasteiger partial charge in [-0.2, -0.15) is 0 Å². The Morgan fingerprint density at radius 2 is 2.18 bits per heavy atom. The number of rotatable bonds is 3. The van der Waals surface area contributed by atoms with Gasteiger partial charge in [0, 0.05) is 4.75 Å². The number of hydrogen-bond acceptors (Lipinski definition) is 4. The Labute approximate surface area is 125 Å². The molecule has 0 saturated carbocycles. The minimum atomic E-state index is -1.00. The topological polar surface area (TPSA) is 86.7 Å². The van der Waals surface area contributed by atoms with E-state index in [0.29, 0.717) is 6.41 Å². The Kier molecular flexibility index (Phi) is 4.18. The van der Waals surface area contributed by atoms with Crippen LogP contribution in [-0.4, -0.2) is 80.1 Å². The van der Waals surface area contributed by atoms with Crippen LogP contribution in [0.3, 0.4) is 0 Å². The summed E-state index contributed by atoms with van der Waals surface area (Å²) in [5.41, 5.74) is 0. The van der Waals surface area contributed by atoms with Crippen LogP contribution in [0.15, 0.2) is 0 Å². The normalized spacial score (nSPS) is 33.2. The first kappa shape index (κ1) is 14.8. The molecule has 0 unspecified atom stereocenters. The molecule has 2 fully saturated rings. The molecule has 0 bridgehead atoms. The fourth-order valence-corrected chi connectivity index (χ4v) is 3.88. The number of amides is 2. The summed E-state index contributed by atoms with van der Waals surface area (Å²) in [6.07, 6.45) is 0.474. The first-order valence-electron chi connectivity index (χ1n) is 4.82. The summed E-state index contributed by atoms with van der Waals surface area (Å²) in [7, 11) is 0. The van der Waals surface area contributed by atoms with Gasteiger partial charge in [-0.1, -0.05) is 0 Å². The van der Waals surface area contributed by atoms with Gasteiger partial charge in [0.1, 0.15) is 17.5 Å². The maximum atomic E-state index is 11.7. The van der Waals surface area contributed by atoms with E-state index in [1.165, 1.54) is 16.7 Å². The van der Waals surface area contributed by atoms with E-state index < -0.39 is 22.8 Å². The van der Waals surface area contributed by atoms with Crippen molar-refractivity contribution in [3.8, 4) is 0 Å². The summed E-state index contributed by atoms with van der Waals surface area (Å²) in [5.74, 6) is -1.32. The number of carboxylic acids is 1. The second-order valence-corrected chi connectivity index (χ2v) is 6.13. The molecule has 0 aromatic rings. The van der Waals surface area contributed by atoms with Gasteiger partial charge in [-0.05, 0) is 13.8 Å². The van der Waals surface area contributed by atoms with E-state index in [4.69, 9.17) is 5.11 Å². The van der Waals surface area contributed by atoms with Gasteiger partial charge in [-0.3, -0.25) is 9.59 Å². The van der Waals surface area contributed by atoms with Crippen molar-refractivity contribution >= 4 is 59.6 Å². The Hall–Kier alpha value is -0.240. The van der Waals surface area contributed by atoms with E-state index in [1.807, 2.05) is 0 Å². The van der Waals surface area contributed by atoms with Gasteiger partial charge in [-0.25, -0.2) is 4.79 Å². The van der Waals surface area contributed by atoms with Crippen molar-refractivity contribution in [3.05, 3.63) is 0 Å². The number of β-lactam (4-membered cyclic amide) rings is 1. The molecule has 2 amide bonds. The number of carbonyl (C=O) groups excluding carboxylic acids is 2. The number of thioether (sulfide) groups is 1. The molecule has 8 heteroatoms. The molecule has 17 heavy (non-hydrogen) atoms. The van der Waals surface area contributed by atoms with Gasteiger partial charge in [-0.15, -0.1) is 11.8 Å². The molecule has 0 spiro atoms. The molecule has 0 aromatic heterocycles. The number of nitrogens with one attached hydrogen (secondary N) is 1. The van der Waals surface area contributed by atoms with E-state index in [1.54, 1.807) is 13.8 Å². The standard InChI is InChI=1S/C9H12N2O4S.Na.H/c1-9(2)5(8(14)15)11-6(13)4(10-3-12)7(11)16-9;;/h3-5,7H,1-2H3,(H,10,12)(H,14,15);;/t4-,5-,7+;;/m0../s1. The molecule has 2 aliphatic heterocycles. The van der Waals surface area contributed by atoms with Crippen molar-refractivity contribution < 1.29 is 19.5 Å². The number of carbonyl (C=O) groups is 3. The molecule has 3 atom stereocenters. The summed E-state index contributed by atoms with van der Waals surface area (Å²) in [6.45, 7) is 3.58. The van der Waals surface area contributed by atoms with E-state index in [-0.39, 0.29) is 40.8 Å². The van der Waals surface area contributed by atoms with Crippen molar-refractivity contribution in [3.63, 3.8) is 0 Å². The Bertz CT molecular complexity index is 376. The van der Waals surface area contributed by atoms with Gasteiger partial charge in [0.2, 0.25) is 12.3 Å². The van der Waals surface area contributed by atoms with Crippen LogP contribution in [0.2, 0.25) is 0 Å². The zero-order valence-electron chi connectivity index (χ0n) is 8.84. The van der Waals surface area contributed by atoms with E-state index in [9.17, 15) is 14.4 Å². The van der Waals surface area contributed by atoms with Crippen LogP contribution in [0, 0.1) is 0 Å². The molecule has 0 aliphatic carbocycles. The quantitative estimate of drug-likeness (QED) is 0.373. The van der Waals surface area contributed by atoms with Crippen LogP contribution in [0.25, 0.3) is 0 Å². The molecule has 0 radical (unpaired) electrons. The van der Waals surface area contributed by atoms with Crippen LogP contribution >= 0.6 is 11.8 Å². The van der Waals surface area contributed by atoms with E-state index in [0.717, 1.165) is 0 Å². The van der Waals surface area contributed by atoms with Crippen LogP contribution in [0.5, 0.6) is 0 Å². The Balaban J connectivity index is 0.00000144. The van der Waals surface area contributed by atoms with E-state index >= 15 is 0 Å². The fourth-order valence-electron chi connectivity index (χ4n) is 2.24. The summed E-state index contributed by atoms with van der Waals surface area (Å²) in [4.78, 5) is 34.4. The zero-order chi connectivity index (χ0) is 12.1. The van der Waals surface area contributed by atoms with Gasteiger partial charge >= 0.3 is 35.5 Å². The molecule has 0 aromatic carbocycles. The molecule has 2 heterocycles. The van der Waals surface area contributed by atoms with Gasteiger partial charge < -0.3 is 15.3 Å². The average molecular weight is 268 g/mol. The Morgan fingerprint density at radius 1 is 1.59 bits per heavy atom. The second kappa shape index (κ2) is 4.79. The number of aliphatic carboxylic acids is 1. The molecular weight excluding hydrogens is 255 g/mol. The van der Waals surface area contributed by atoms with Gasteiger partial charge in [0.25, 0.3) is 0 Å². The molecule has 2 N–H and O–H groups in total. The van der Waals surface area contributed by atoms with Crippen molar-refractivity contribution in [2.45, 2.75) is 36.1 Å². The molecule has 2 rings (SSSR count). The Morgan fingerprint density at radius 3 is 2.65 bits per heavy atom. The van der Waals surface area contributed by atoms with Crippen molar-refractivity contribution in [2.24, 2.45) is 0 Å². The first-order chi connectivity index (χ1) is 7.40. The summed E-state index contributed by atoms with van der Waals surface area (Å²) >= 11 is 1.41. The number of carboxylic acid groups (broad SMARTS) is 1. The third-order valence-corrected chi connectivity index (χ3v) is 4.49. The van der Waals surface area contributed by atoms with Gasteiger partial charge in [0.05, 0.1) is 0 Å². The fraction of sp³-hybridized carbons (Fsp3) is 0.667. The van der Waals surface area contributed by atoms with Crippen LogP contribution in [0.1, 0.15) is 13.8 Å². The predicted octanol–water partition coefficient (Wildman–Crippen LogP) is -1.40. The molecule has 90 valence electrons. The summed E-state index contributed by atoms with van der Waals surface area (Å²) in [5, 5.41) is 11.3. The average Bonchev–Trinajstić information content (AvgIpc) is 2.43. The third kappa shape index (κ3) is 2.09. The number of hydrogen-bond donors (Lipinski definition) is 2. The molecule has 6 nitrogen and oxygen atoms in total.